The van der Waals surface area contributed by atoms with Crippen molar-refractivity contribution in [3.05, 3.63) is 23.8 Å². The largest absolute Gasteiger partial charge is 0.492 e. The summed E-state index contributed by atoms with van der Waals surface area (Å²) in [6.45, 7) is 7.17. The molecule has 0 radical (unpaired) electrons. The van der Waals surface area contributed by atoms with Crippen molar-refractivity contribution in [2.45, 2.75) is 45.1 Å². The van der Waals surface area contributed by atoms with Gasteiger partial charge in [0.15, 0.2) is 0 Å². The van der Waals surface area contributed by atoms with Crippen LogP contribution in [0.3, 0.4) is 0 Å². The molecule has 0 aromatic heterocycles. The summed E-state index contributed by atoms with van der Waals surface area (Å²) in [6.07, 6.45) is 5.43. The Balaban J connectivity index is 1.45. The molecule has 132 valence electrons. The molecule has 3 rings (SSSR count). The predicted octanol–water partition coefficient (Wildman–Crippen LogP) is 2.55. The van der Waals surface area contributed by atoms with Crippen LogP contribution in [-0.2, 0) is 4.79 Å². The monoisotopic (exact) mass is 331 g/mol. The van der Waals surface area contributed by atoms with E-state index >= 15 is 0 Å². The Morgan fingerprint density at radius 2 is 2.17 bits per heavy atom. The second-order valence-electron chi connectivity index (χ2n) is 6.92. The van der Waals surface area contributed by atoms with Gasteiger partial charge in [-0.05, 0) is 76.0 Å². The highest BCUT2D eigenvalue weighted by Gasteiger charge is 2.17. The summed E-state index contributed by atoms with van der Waals surface area (Å²) in [6, 6.07) is 6.21. The Kier molecular flexibility index (Phi) is 6.10. The maximum atomic E-state index is 12.1. The summed E-state index contributed by atoms with van der Waals surface area (Å²) in [4.78, 5) is 14.5. The van der Waals surface area contributed by atoms with Crippen LogP contribution in [0.15, 0.2) is 18.2 Å². The molecule has 2 N–H and O–H groups in total. The van der Waals surface area contributed by atoms with Gasteiger partial charge in [0.2, 0.25) is 5.91 Å². The number of aryl methyl sites for hydroxylation is 1. The molecule has 2 fully saturated rings. The second-order valence-corrected chi connectivity index (χ2v) is 6.92. The van der Waals surface area contributed by atoms with Crippen LogP contribution in [-0.4, -0.2) is 49.6 Å². The summed E-state index contributed by atoms with van der Waals surface area (Å²) in [5.74, 6) is 0.987. The fourth-order valence-corrected chi connectivity index (χ4v) is 3.55. The first-order valence-electron chi connectivity index (χ1n) is 9.20. The van der Waals surface area contributed by atoms with Gasteiger partial charge < -0.3 is 15.4 Å². The third kappa shape index (κ3) is 4.95. The molecule has 5 nitrogen and oxygen atoms in total. The lowest BCUT2D eigenvalue weighted by molar-refractivity contribution is -0.116. The van der Waals surface area contributed by atoms with Crippen molar-refractivity contribution in [3.8, 4) is 5.75 Å². The minimum absolute atomic E-state index is 0.0801. The van der Waals surface area contributed by atoms with Crippen LogP contribution < -0.4 is 15.4 Å². The lowest BCUT2D eigenvalue weighted by Gasteiger charge is -2.16. The van der Waals surface area contributed by atoms with E-state index < -0.39 is 0 Å². The van der Waals surface area contributed by atoms with Crippen LogP contribution in [0.1, 0.15) is 37.7 Å². The van der Waals surface area contributed by atoms with E-state index in [4.69, 9.17) is 4.74 Å². The average molecular weight is 331 g/mol. The molecule has 2 aliphatic heterocycles. The van der Waals surface area contributed by atoms with Crippen LogP contribution in [0.25, 0.3) is 0 Å². The molecule has 5 heteroatoms. The lowest BCUT2D eigenvalue weighted by atomic mass is 10.1. The standard InChI is InChI=1S/C19H29N3O2/c1-15-13-17(21-19(23)14-16-5-4-8-20-16)6-7-18(15)24-12-11-22-9-2-3-10-22/h6-7,13,16,20H,2-5,8-12,14H2,1H3,(H,21,23). The number of likely N-dealkylation sites (tertiary alicyclic amines) is 1. The van der Waals surface area contributed by atoms with Crippen LogP contribution in [0, 0.1) is 6.92 Å². The van der Waals surface area contributed by atoms with Crippen LogP contribution >= 0.6 is 0 Å². The molecule has 0 bridgehead atoms. The molecule has 1 unspecified atom stereocenters. The van der Waals surface area contributed by atoms with E-state index in [1.807, 2.05) is 25.1 Å². The Bertz CT molecular complexity index is 550. The number of anilines is 1. The van der Waals surface area contributed by atoms with Gasteiger partial charge in [-0.2, -0.15) is 0 Å². The number of rotatable bonds is 7. The maximum absolute atomic E-state index is 12.1. The SMILES string of the molecule is Cc1cc(NC(=O)CC2CCCN2)ccc1OCCN1CCCC1. The van der Waals surface area contributed by atoms with Gasteiger partial charge in [0.1, 0.15) is 12.4 Å². The predicted molar refractivity (Wildman–Crippen MR) is 96.6 cm³/mol. The molecule has 1 amide bonds. The van der Waals surface area contributed by atoms with E-state index in [1.165, 1.54) is 32.4 Å². The fraction of sp³-hybridized carbons (Fsp3) is 0.632. The average Bonchev–Trinajstić information content (AvgIpc) is 3.23. The summed E-state index contributed by atoms with van der Waals surface area (Å²) < 4.78 is 5.90. The van der Waals surface area contributed by atoms with Gasteiger partial charge in [0.25, 0.3) is 0 Å². The number of hydrogen-bond donors (Lipinski definition) is 2. The van der Waals surface area contributed by atoms with Crippen molar-refractivity contribution in [1.82, 2.24) is 10.2 Å². The zero-order chi connectivity index (χ0) is 16.8. The van der Waals surface area contributed by atoms with Crippen molar-refractivity contribution in [1.29, 1.82) is 0 Å². The van der Waals surface area contributed by atoms with Crippen molar-refractivity contribution < 1.29 is 9.53 Å². The van der Waals surface area contributed by atoms with Crippen LogP contribution in [0.5, 0.6) is 5.75 Å². The van der Waals surface area contributed by atoms with Gasteiger partial charge in [-0.15, -0.1) is 0 Å². The number of carbonyl (C=O) groups is 1. The Labute approximate surface area is 144 Å². The van der Waals surface area contributed by atoms with Crippen molar-refractivity contribution in [3.63, 3.8) is 0 Å². The minimum Gasteiger partial charge on any atom is -0.492 e. The molecule has 2 heterocycles. The topological polar surface area (TPSA) is 53.6 Å². The smallest absolute Gasteiger partial charge is 0.225 e. The highest BCUT2D eigenvalue weighted by atomic mass is 16.5. The number of amides is 1. The van der Waals surface area contributed by atoms with E-state index in [2.05, 4.69) is 15.5 Å². The molecule has 1 aromatic carbocycles. The molecule has 0 spiro atoms. The van der Waals surface area contributed by atoms with Crippen molar-refractivity contribution in [2.75, 3.05) is 38.1 Å². The molecular weight excluding hydrogens is 302 g/mol. The summed E-state index contributed by atoms with van der Waals surface area (Å²) in [5.41, 5.74) is 1.91. The number of ether oxygens (including phenoxy) is 1. The van der Waals surface area contributed by atoms with E-state index in [9.17, 15) is 4.79 Å². The number of carbonyl (C=O) groups excluding carboxylic acids is 1. The number of nitrogens with one attached hydrogen (secondary N) is 2. The van der Waals surface area contributed by atoms with Crippen molar-refractivity contribution in [2.24, 2.45) is 0 Å². The quantitative estimate of drug-likeness (QED) is 0.806. The molecular formula is C19H29N3O2. The summed E-state index contributed by atoms with van der Waals surface area (Å²) in [7, 11) is 0. The van der Waals surface area contributed by atoms with E-state index in [1.54, 1.807) is 0 Å². The molecule has 0 aliphatic carbocycles. The van der Waals surface area contributed by atoms with Crippen LogP contribution in [0.4, 0.5) is 5.69 Å². The third-order valence-corrected chi connectivity index (χ3v) is 4.92. The van der Waals surface area contributed by atoms with Crippen molar-refractivity contribution >= 4 is 11.6 Å². The highest BCUT2D eigenvalue weighted by molar-refractivity contribution is 5.91. The van der Waals surface area contributed by atoms with Gasteiger partial charge in [-0.25, -0.2) is 0 Å². The van der Waals surface area contributed by atoms with E-state index in [0.29, 0.717) is 12.5 Å². The van der Waals surface area contributed by atoms with Gasteiger partial charge in [0.05, 0.1) is 0 Å². The zero-order valence-electron chi connectivity index (χ0n) is 14.6. The molecule has 2 saturated heterocycles. The number of hydrogen-bond acceptors (Lipinski definition) is 4. The number of nitrogens with zero attached hydrogens (tertiary/aromatic N) is 1. The third-order valence-electron chi connectivity index (χ3n) is 4.92. The van der Waals surface area contributed by atoms with E-state index in [0.717, 1.165) is 43.1 Å². The maximum Gasteiger partial charge on any atom is 0.225 e. The fourth-order valence-electron chi connectivity index (χ4n) is 3.55. The van der Waals surface area contributed by atoms with Gasteiger partial charge >= 0.3 is 0 Å². The first kappa shape index (κ1) is 17.2. The lowest BCUT2D eigenvalue weighted by Crippen LogP contribution is -2.27. The summed E-state index contributed by atoms with van der Waals surface area (Å²) in [5, 5.41) is 6.35. The van der Waals surface area contributed by atoms with E-state index in [-0.39, 0.29) is 5.91 Å². The molecule has 1 aromatic rings. The second kappa shape index (κ2) is 8.49. The normalized spacial score (nSPS) is 21.1. The van der Waals surface area contributed by atoms with Gasteiger partial charge in [0, 0.05) is 24.7 Å². The molecule has 1 atom stereocenters. The first-order chi connectivity index (χ1) is 11.7. The van der Waals surface area contributed by atoms with Gasteiger partial charge in [-0.1, -0.05) is 0 Å². The molecule has 2 aliphatic rings. The summed E-state index contributed by atoms with van der Waals surface area (Å²) >= 11 is 0. The molecule has 0 saturated carbocycles. The first-order valence-corrected chi connectivity index (χ1v) is 9.20. The minimum atomic E-state index is 0.0801. The number of benzene rings is 1. The zero-order valence-corrected chi connectivity index (χ0v) is 14.6. The Morgan fingerprint density at radius 1 is 1.33 bits per heavy atom. The van der Waals surface area contributed by atoms with Gasteiger partial charge in [-0.3, -0.25) is 9.69 Å². The Hall–Kier alpha value is -1.59. The van der Waals surface area contributed by atoms with Crippen LogP contribution in [0.2, 0.25) is 0 Å². The molecule has 24 heavy (non-hydrogen) atoms. The highest BCUT2D eigenvalue weighted by Crippen LogP contribution is 2.22. The Morgan fingerprint density at radius 3 is 2.88 bits per heavy atom.